The average Bonchev–Trinajstić information content (AvgIpc) is 3.81. The minimum Gasteiger partial charge on any atom is -0.316 e. The molecule has 0 radical (unpaired) electrons. The minimum atomic E-state index is -0.627. The van der Waals surface area contributed by atoms with Crippen LogP contribution < -0.4 is 0 Å². The van der Waals surface area contributed by atoms with E-state index in [1.54, 1.807) is 0 Å². The quantitative estimate of drug-likeness (QED) is 0.150. The Morgan fingerprint density at radius 1 is 0.390 bits per heavy atom. The second kappa shape index (κ2) is 12.8. The van der Waals surface area contributed by atoms with E-state index in [2.05, 4.69) is 241 Å². The highest BCUT2D eigenvalue weighted by molar-refractivity contribution is 6.10. The van der Waals surface area contributed by atoms with E-state index in [1.165, 1.54) is 93.8 Å². The zero-order valence-electron chi connectivity index (χ0n) is 32.8. The van der Waals surface area contributed by atoms with Crippen molar-refractivity contribution in [1.82, 2.24) is 9.13 Å². The number of rotatable bonds is 6. The zero-order chi connectivity index (χ0) is 39.1. The zero-order valence-corrected chi connectivity index (χ0v) is 32.8. The molecule has 0 fully saturated rings. The molecule has 2 bridgehead atoms. The lowest BCUT2D eigenvalue weighted by molar-refractivity contribution is 0.556. The van der Waals surface area contributed by atoms with Crippen molar-refractivity contribution >= 4 is 49.8 Å². The van der Waals surface area contributed by atoms with Gasteiger partial charge in [-0.3, -0.25) is 0 Å². The van der Waals surface area contributed by atoms with Gasteiger partial charge in [0.05, 0.1) is 38.6 Å². The van der Waals surface area contributed by atoms with E-state index >= 15 is 0 Å². The lowest BCUT2D eigenvalue weighted by Crippen LogP contribution is -2.52. The molecule has 0 spiro atoms. The van der Waals surface area contributed by atoms with E-state index < -0.39 is 10.8 Å². The third-order valence-electron chi connectivity index (χ3n) is 13.2. The maximum atomic E-state index is 2.51. The van der Waals surface area contributed by atoms with Crippen molar-refractivity contribution in [2.75, 3.05) is 0 Å². The summed E-state index contributed by atoms with van der Waals surface area (Å²) in [7, 11) is 0. The van der Waals surface area contributed by atoms with Gasteiger partial charge in [-0.2, -0.15) is 0 Å². The number of nitrogens with zero attached hydrogens (tertiary/aromatic N) is 2. The number of aromatic nitrogens is 2. The second-order valence-corrected chi connectivity index (χ2v) is 15.9. The van der Waals surface area contributed by atoms with Crippen molar-refractivity contribution in [2.24, 2.45) is 0 Å². The van der Waals surface area contributed by atoms with Crippen molar-refractivity contribution < 1.29 is 0 Å². The van der Waals surface area contributed by atoms with Gasteiger partial charge in [0.2, 0.25) is 0 Å². The van der Waals surface area contributed by atoms with Crippen LogP contribution in [0.4, 0.5) is 0 Å². The SMILES string of the molecule is C\C=C/C=C\C(=C/n1c2ccccc2c2ccccc21)C12c3ccccc3C(c3ccccc3-n3c4ccccc4c4ccccc43)(c3ccccc31)c1ccccc12. The molecule has 0 amide bonds. The van der Waals surface area contributed by atoms with E-state index in [4.69, 9.17) is 0 Å². The Bertz CT molecular complexity index is 3190. The Hall–Kier alpha value is -7.42. The first kappa shape index (κ1) is 33.7. The Kier molecular flexibility index (Phi) is 7.31. The largest absolute Gasteiger partial charge is 0.316 e. The lowest BCUT2D eigenvalue weighted by atomic mass is 9.44. The fraction of sp³-hybridized carbons (Fsp3) is 0.0526. The molecule has 278 valence electrons. The monoisotopic (exact) mass is 752 g/mol. The van der Waals surface area contributed by atoms with Crippen LogP contribution in [0, 0.1) is 0 Å². The first-order chi connectivity index (χ1) is 29.3. The molecule has 0 aliphatic heterocycles. The van der Waals surface area contributed by atoms with Crippen LogP contribution in [0.2, 0.25) is 0 Å². The van der Waals surface area contributed by atoms with Gasteiger partial charge in [0, 0.05) is 27.7 Å². The van der Waals surface area contributed by atoms with E-state index in [9.17, 15) is 0 Å². The topological polar surface area (TPSA) is 9.86 Å². The van der Waals surface area contributed by atoms with E-state index in [1.807, 2.05) is 0 Å². The Morgan fingerprint density at radius 2 is 0.763 bits per heavy atom. The Labute approximate surface area is 343 Å². The van der Waals surface area contributed by atoms with Gasteiger partial charge in [-0.05, 0) is 81.8 Å². The van der Waals surface area contributed by atoms with Gasteiger partial charge in [0.15, 0.2) is 0 Å². The summed E-state index contributed by atoms with van der Waals surface area (Å²) in [4.78, 5) is 0. The van der Waals surface area contributed by atoms with Crippen LogP contribution in [0.25, 0.3) is 55.5 Å². The summed E-state index contributed by atoms with van der Waals surface area (Å²) >= 11 is 0. The number of hydrogen-bond acceptors (Lipinski definition) is 0. The second-order valence-electron chi connectivity index (χ2n) is 15.9. The molecule has 0 saturated carbocycles. The molecule has 2 nitrogen and oxygen atoms in total. The van der Waals surface area contributed by atoms with Crippen LogP contribution in [0.3, 0.4) is 0 Å². The summed E-state index contributed by atoms with van der Waals surface area (Å²) in [6.45, 7) is 2.09. The van der Waals surface area contributed by atoms with Gasteiger partial charge in [-0.1, -0.05) is 188 Å². The molecule has 0 unspecified atom stereocenters. The maximum absolute atomic E-state index is 2.51. The number of benzene rings is 8. The van der Waals surface area contributed by atoms with Crippen molar-refractivity contribution in [3.8, 4) is 5.69 Å². The smallest absolute Gasteiger partial charge is 0.0731 e. The summed E-state index contributed by atoms with van der Waals surface area (Å²) in [5.74, 6) is 0. The molecular formula is C57H40N2. The standard InChI is InChI=1S/C57H40N2/c1-2-3-4-21-39(38-58-51-33-16-5-22-40(51)41-23-6-17-34-52(41)58)56-44-26-9-12-29-47(44)57(48-30-13-10-27-45(48)56,49-31-14-11-28-46(49)56)50-32-15-20-37-55(50)59-53-35-18-7-24-42(53)43-25-8-19-36-54(43)59/h2-38H,1H3/b3-2-,21-4-,39-38+. The van der Waals surface area contributed by atoms with Crippen molar-refractivity contribution in [3.63, 3.8) is 0 Å². The molecule has 3 aliphatic rings. The highest BCUT2D eigenvalue weighted by atomic mass is 15.0. The van der Waals surface area contributed by atoms with Gasteiger partial charge in [0.25, 0.3) is 0 Å². The molecule has 10 aromatic rings. The third-order valence-corrected chi connectivity index (χ3v) is 13.2. The highest BCUT2D eigenvalue weighted by Crippen LogP contribution is 2.67. The summed E-state index contributed by atoms with van der Waals surface area (Å²) in [5.41, 5.74) is 15.1. The molecule has 3 aliphatic carbocycles. The predicted molar refractivity (Wildman–Crippen MR) is 247 cm³/mol. The number of fused-ring (bicyclic) bond motifs is 6. The van der Waals surface area contributed by atoms with Crippen LogP contribution in [0.15, 0.2) is 224 Å². The highest BCUT2D eigenvalue weighted by Gasteiger charge is 2.60. The van der Waals surface area contributed by atoms with Crippen molar-refractivity contribution in [2.45, 2.75) is 17.8 Å². The van der Waals surface area contributed by atoms with Gasteiger partial charge >= 0.3 is 0 Å². The number of allylic oxidation sites excluding steroid dienone is 5. The maximum Gasteiger partial charge on any atom is 0.0731 e. The fourth-order valence-corrected chi connectivity index (χ4v) is 11.1. The van der Waals surface area contributed by atoms with Crippen LogP contribution >= 0.6 is 0 Å². The van der Waals surface area contributed by atoms with Gasteiger partial charge in [-0.25, -0.2) is 0 Å². The van der Waals surface area contributed by atoms with Crippen LogP contribution in [-0.4, -0.2) is 9.13 Å². The summed E-state index contributed by atoms with van der Waals surface area (Å²) in [6.07, 6.45) is 11.3. The van der Waals surface area contributed by atoms with Gasteiger partial charge < -0.3 is 9.13 Å². The summed E-state index contributed by atoms with van der Waals surface area (Å²) in [6, 6.07) is 72.4. The first-order valence-corrected chi connectivity index (χ1v) is 20.6. The van der Waals surface area contributed by atoms with Crippen molar-refractivity contribution in [1.29, 1.82) is 0 Å². The Morgan fingerprint density at radius 3 is 1.24 bits per heavy atom. The molecule has 2 aromatic heterocycles. The van der Waals surface area contributed by atoms with Gasteiger partial charge in [-0.15, -0.1) is 0 Å². The summed E-state index contributed by atoms with van der Waals surface area (Å²) < 4.78 is 4.93. The average molecular weight is 753 g/mol. The first-order valence-electron chi connectivity index (χ1n) is 20.6. The molecular weight excluding hydrogens is 713 g/mol. The summed E-state index contributed by atoms with van der Waals surface area (Å²) in [5, 5.41) is 5.02. The molecule has 2 heteroatoms. The minimum absolute atomic E-state index is 0.612. The van der Waals surface area contributed by atoms with Crippen LogP contribution in [0.1, 0.15) is 45.9 Å². The molecule has 8 aromatic carbocycles. The molecule has 59 heavy (non-hydrogen) atoms. The normalized spacial score (nSPS) is 18.4. The number of hydrogen-bond donors (Lipinski definition) is 0. The van der Waals surface area contributed by atoms with Crippen LogP contribution in [0.5, 0.6) is 0 Å². The predicted octanol–water partition coefficient (Wildman–Crippen LogP) is 13.9. The number of para-hydroxylation sites is 5. The van der Waals surface area contributed by atoms with Crippen molar-refractivity contribution in [3.05, 3.63) is 263 Å². The third kappa shape index (κ3) is 4.35. The van der Waals surface area contributed by atoms with E-state index in [0.29, 0.717) is 0 Å². The fourth-order valence-electron chi connectivity index (χ4n) is 11.1. The van der Waals surface area contributed by atoms with Gasteiger partial charge in [0.1, 0.15) is 0 Å². The molecule has 2 heterocycles. The Balaban J connectivity index is 1.24. The molecule has 0 N–H and O–H groups in total. The molecule has 0 atom stereocenters. The molecule has 0 saturated heterocycles. The lowest BCUT2D eigenvalue weighted by Gasteiger charge is -2.57. The van der Waals surface area contributed by atoms with Crippen LogP contribution in [-0.2, 0) is 10.8 Å². The van der Waals surface area contributed by atoms with E-state index in [0.717, 1.165) is 0 Å². The molecule has 13 rings (SSSR count). The van der Waals surface area contributed by atoms with E-state index in [-0.39, 0.29) is 0 Å².